The van der Waals surface area contributed by atoms with Crippen molar-refractivity contribution in [2.24, 2.45) is 5.73 Å². The number of nitrogens with zero attached hydrogens (tertiary/aromatic N) is 4. The molecule has 4 rings (SSSR count). The number of hydrogen-bond donors (Lipinski definition) is 2. The van der Waals surface area contributed by atoms with Crippen molar-refractivity contribution in [1.29, 1.82) is 0 Å². The Morgan fingerprint density at radius 2 is 1.87 bits per heavy atom. The first kappa shape index (κ1) is 20.3. The number of carbonyl (C=O) groups is 1. The highest BCUT2D eigenvalue weighted by atomic mass is 35.5. The summed E-state index contributed by atoms with van der Waals surface area (Å²) in [5, 5.41) is 8.53. The van der Waals surface area contributed by atoms with E-state index in [2.05, 4.69) is 15.4 Å². The molecule has 9 heteroatoms. The lowest BCUT2D eigenvalue weighted by Crippen LogP contribution is -2.32. The monoisotopic (exact) mass is 442 g/mol. The first-order valence-corrected chi connectivity index (χ1v) is 9.99. The molecule has 0 spiro atoms. The predicted octanol–water partition coefficient (Wildman–Crippen LogP) is 4.09. The van der Waals surface area contributed by atoms with E-state index in [-0.39, 0.29) is 0 Å². The lowest BCUT2D eigenvalue weighted by molar-refractivity contribution is -0.115. The first-order chi connectivity index (χ1) is 14.3. The van der Waals surface area contributed by atoms with Crippen molar-refractivity contribution < 1.29 is 4.79 Å². The average Bonchev–Trinajstić information content (AvgIpc) is 3.12. The third kappa shape index (κ3) is 3.40. The van der Waals surface area contributed by atoms with Gasteiger partial charge >= 0.3 is 0 Å². The highest BCUT2D eigenvalue weighted by molar-refractivity contribution is 6.42. The summed E-state index contributed by atoms with van der Waals surface area (Å²) in [5.41, 5.74) is 9.20. The van der Waals surface area contributed by atoms with E-state index in [0.717, 1.165) is 11.3 Å². The molecule has 0 fully saturated rings. The molecule has 1 unspecified atom stereocenters. The van der Waals surface area contributed by atoms with Gasteiger partial charge in [0.05, 0.1) is 15.6 Å². The minimum atomic E-state index is -0.646. The lowest BCUT2D eigenvalue weighted by atomic mass is 9.95. The van der Waals surface area contributed by atoms with Gasteiger partial charge in [0.25, 0.3) is 0 Å². The SMILES string of the molecule is CC1=C(C(N)=O)C(c2cccc(Cl)c2Cl)n2nc(-c3ccc(N(C)C)cc3)nc2N1. The van der Waals surface area contributed by atoms with Crippen molar-refractivity contribution in [1.82, 2.24) is 14.8 Å². The largest absolute Gasteiger partial charge is 0.378 e. The lowest BCUT2D eigenvalue weighted by Gasteiger charge is -2.28. The van der Waals surface area contributed by atoms with Crippen molar-refractivity contribution in [3.05, 3.63) is 69.3 Å². The summed E-state index contributed by atoms with van der Waals surface area (Å²) in [5.74, 6) is 0.439. The van der Waals surface area contributed by atoms with Gasteiger partial charge < -0.3 is 16.0 Å². The molecule has 1 atom stereocenters. The number of anilines is 2. The standard InChI is InChI=1S/C21H20Cl2N6O/c1-11-16(19(24)30)18(14-5-4-6-15(22)17(14)23)29-21(25-11)26-20(27-29)12-7-9-13(10-8-12)28(2)3/h4-10,18H,1-3H3,(H2,24,30)(H,25,26,27). The van der Waals surface area contributed by atoms with E-state index in [4.69, 9.17) is 28.9 Å². The van der Waals surface area contributed by atoms with Crippen molar-refractivity contribution in [3.8, 4) is 11.4 Å². The molecule has 0 saturated heterocycles. The van der Waals surface area contributed by atoms with Gasteiger partial charge in [0.2, 0.25) is 11.9 Å². The van der Waals surface area contributed by atoms with Crippen LogP contribution in [0.5, 0.6) is 0 Å². The van der Waals surface area contributed by atoms with Crippen molar-refractivity contribution >= 4 is 40.7 Å². The summed E-state index contributed by atoms with van der Waals surface area (Å²) in [6.07, 6.45) is 0. The van der Waals surface area contributed by atoms with Crippen LogP contribution in [0.2, 0.25) is 10.0 Å². The van der Waals surface area contributed by atoms with Gasteiger partial charge in [0.1, 0.15) is 6.04 Å². The normalized spacial score (nSPS) is 15.6. The highest BCUT2D eigenvalue weighted by Crippen LogP contribution is 2.40. The Morgan fingerprint density at radius 3 is 2.50 bits per heavy atom. The molecule has 7 nitrogen and oxygen atoms in total. The van der Waals surface area contributed by atoms with E-state index in [0.29, 0.717) is 38.7 Å². The molecule has 154 valence electrons. The number of nitrogens with one attached hydrogen (secondary N) is 1. The number of hydrogen-bond acceptors (Lipinski definition) is 5. The van der Waals surface area contributed by atoms with Crippen LogP contribution in [0.25, 0.3) is 11.4 Å². The van der Waals surface area contributed by atoms with Gasteiger partial charge in [-0.1, -0.05) is 35.3 Å². The van der Waals surface area contributed by atoms with Crippen LogP contribution in [0.15, 0.2) is 53.7 Å². The van der Waals surface area contributed by atoms with Gasteiger partial charge in [0, 0.05) is 36.6 Å². The van der Waals surface area contributed by atoms with Gasteiger partial charge in [-0.15, -0.1) is 5.10 Å². The molecule has 0 radical (unpaired) electrons. The first-order valence-electron chi connectivity index (χ1n) is 9.23. The molecular weight excluding hydrogens is 423 g/mol. The second-order valence-electron chi connectivity index (χ2n) is 7.22. The second-order valence-corrected chi connectivity index (χ2v) is 8.00. The molecule has 3 N–H and O–H groups in total. The fourth-order valence-corrected chi connectivity index (χ4v) is 3.93. The predicted molar refractivity (Wildman–Crippen MR) is 120 cm³/mol. The zero-order valence-electron chi connectivity index (χ0n) is 16.6. The molecule has 1 aliphatic heterocycles. The van der Waals surface area contributed by atoms with Gasteiger partial charge in [0.15, 0.2) is 5.82 Å². The fourth-order valence-electron chi connectivity index (χ4n) is 3.52. The van der Waals surface area contributed by atoms with Gasteiger partial charge in [-0.3, -0.25) is 4.79 Å². The Labute approximate surface area is 184 Å². The van der Waals surface area contributed by atoms with Gasteiger partial charge in [-0.05, 0) is 37.3 Å². The van der Waals surface area contributed by atoms with Crippen molar-refractivity contribution in [2.75, 3.05) is 24.3 Å². The van der Waals surface area contributed by atoms with Crippen LogP contribution < -0.4 is 16.0 Å². The number of benzene rings is 2. The van der Waals surface area contributed by atoms with E-state index in [9.17, 15) is 4.79 Å². The summed E-state index contributed by atoms with van der Waals surface area (Å²) in [6, 6.07) is 12.5. The smallest absolute Gasteiger partial charge is 0.248 e. The van der Waals surface area contributed by atoms with Crippen LogP contribution in [-0.4, -0.2) is 34.8 Å². The number of nitrogens with two attached hydrogens (primary N) is 1. The van der Waals surface area contributed by atoms with Crippen LogP contribution in [0, 0.1) is 0 Å². The summed E-state index contributed by atoms with van der Waals surface area (Å²) in [7, 11) is 3.96. The summed E-state index contributed by atoms with van der Waals surface area (Å²) in [6.45, 7) is 1.77. The van der Waals surface area contributed by atoms with Crippen LogP contribution in [0.1, 0.15) is 18.5 Å². The molecule has 1 aliphatic rings. The number of carbonyl (C=O) groups excluding carboxylic acids is 1. The molecule has 3 aromatic rings. The fraction of sp³-hybridized carbons (Fsp3) is 0.190. The number of halogens is 2. The highest BCUT2D eigenvalue weighted by Gasteiger charge is 2.34. The molecule has 2 aromatic carbocycles. The zero-order chi connectivity index (χ0) is 21.6. The van der Waals surface area contributed by atoms with E-state index in [1.165, 1.54) is 0 Å². The minimum Gasteiger partial charge on any atom is -0.378 e. The number of amides is 1. The number of fused-ring (bicyclic) bond motifs is 1. The minimum absolute atomic E-state index is 0.343. The van der Waals surface area contributed by atoms with E-state index < -0.39 is 11.9 Å². The maximum Gasteiger partial charge on any atom is 0.248 e. The maximum atomic E-state index is 12.3. The summed E-state index contributed by atoms with van der Waals surface area (Å²) in [4.78, 5) is 19.0. The topological polar surface area (TPSA) is 89.1 Å². The number of aromatic nitrogens is 3. The van der Waals surface area contributed by atoms with Crippen LogP contribution in [0.3, 0.4) is 0 Å². The Kier molecular flexibility index (Phi) is 5.17. The Balaban J connectivity index is 1.86. The molecule has 0 saturated carbocycles. The van der Waals surface area contributed by atoms with Crippen molar-refractivity contribution in [2.45, 2.75) is 13.0 Å². The van der Waals surface area contributed by atoms with Crippen LogP contribution in [0.4, 0.5) is 11.6 Å². The zero-order valence-corrected chi connectivity index (χ0v) is 18.2. The average molecular weight is 443 g/mol. The van der Waals surface area contributed by atoms with Gasteiger partial charge in [-0.2, -0.15) is 4.98 Å². The number of primary amides is 1. The number of rotatable bonds is 4. The molecule has 0 aliphatic carbocycles. The number of allylic oxidation sites excluding steroid dienone is 1. The second kappa shape index (κ2) is 7.66. The summed E-state index contributed by atoms with van der Waals surface area (Å²) < 4.78 is 1.62. The Morgan fingerprint density at radius 1 is 1.17 bits per heavy atom. The molecular formula is C21H20Cl2N6O. The summed E-state index contributed by atoms with van der Waals surface area (Å²) >= 11 is 12.7. The van der Waals surface area contributed by atoms with E-state index in [1.807, 2.05) is 43.3 Å². The molecule has 1 aromatic heterocycles. The van der Waals surface area contributed by atoms with Gasteiger partial charge in [-0.25, -0.2) is 4.68 Å². The van der Waals surface area contributed by atoms with Crippen LogP contribution >= 0.6 is 23.2 Å². The Bertz CT molecular complexity index is 1170. The molecule has 30 heavy (non-hydrogen) atoms. The molecule has 0 bridgehead atoms. The van der Waals surface area contributed by atoms with Crippen molar-refractivity contribution in [3.63, 3.8) is 0 Å². The quantitative estimate of drug-likeness (QED) is 0.634. The van der Waals surface area contributed by atoms with E-state index in [1.54, 1.807) is 29.8 Å². The van der Waals surface area contributed by atoms with E-state index >= 15 is 0 Å². The molecule has 1 amide bonds. The van der Waals surface area contributed by atoms with Crippen LogP contribution in [-0.2, 0) is 4.79 Å². The maximum absolute atomic E-state index is 12.3. The third-order valence-corrected chi connectivity index (χ3v) is 5.87. The Hall–Kier alpha value is -3.03. The molecule has 2 heterocycles. The third-order valence-electron chi connectivity index (χ3n) is 5.04.